The molecule has 1 aliphatic rings. The van der Waals surface area contributed by atoms with Gasteiger partial charge in [0.25, 0.3) is 5.03 Å². The molecule has 2 heterocycles. The number of sulfone groups is 1. The first kappa shape index (κ1) is 13.2. The van der Waals surface area contributed by atoms with Crippen molar-refractivity contribution in [3.05, 3.63) is 57.1 Å². The van der Waals surface area contributed by atoms with Gasteiger partial charge in [-0.2, -0.15) is 5.26 Å². The van der Waals surface area contributed by atoms with Crippen molar-refractivity contribution in [2.45, 2.75) is 16.3 Å². The zero-order valence-electron chi connectivity index (χ0n) is 10.5. The van der Waals surface area contributed by atoms with Crippen molar-refractivity contribution in [3.63, 3.8) is 0 Å². The number of pyridine rings is 1. The van der Waals surface area contributed by atoms with E-state index < -0.39 is 20.6 Å². The Hall–Kier alpha value is -2.79. The van der Waals surface area contributed by atoms with Gasteiger partial charge < -0.3 is 10.1 Å². The van der Waals surface area contributed by atoms with Gasteiger partial charge in [0.05, 0.1) is 4.90 Å². The van der Waals surface area contributed by atoms with E-state index in [1.165, 1.54) is 12.1 Å². The quantitative estimate of drug-likeness (QED) is 0.498. The largest absolute Gasteiger partial charge is 0.382 e. The zero-order valence-corrected chi connectivity index (χ0v) is 11.3. The molecule has 2 aromatic rings. The lowest BCUT2D eigenvalue weighted by molar-refractivity contribution is -0.390. The molecule has 0 unspecified atom stereocenters. The second kappa shape index (κ2) is 4.36. The van der Waals surface area contributed by atoms with E-state index in [4.69, 9.17) is 5.26 Å². The van der Waals surface area contributed by atoms with Crippen LogP contribution in [0.4, 0.5) is 5.82 Å². The number of hydrogen-bond acceptors (Lipinski definition) is 6. The Morgan fingerprint density at radius 3 is 2.67 bits per heavy atom. The van der Waals surface area contributed by atoms with Gasteiger partial charge in [-0.15, -0.1) is 0 Å². The van der Waals surface area contributed by atoms with Crippen LogP contribution >= 0.6 is 0 Å². The summed E-state index contributed by atoms with van der Waals surface area (Å²) in [6, 6.07) is 9.32. The van der Waals surface area contributed by atoms with E-state index >= 15 is 0 Å². The average molecular weight is 301 g/mol. The Kier molecular flexibility index (Phi) is 2.74. The number of nitriles is 1. The van der Waals surface area contributed by atoms with Gasteiger partial charge >= 0.3 is 5.82 Å². The Labute approximate surface area is 119 Å². The molecular weight excluding hydrogens is 294 g/mol. The lowest BCUT2D eigenvalue weighted by Gasteiger charge is -2.16. The summed E-state index contributed by atoms with van der Waals surface area (Å²) in [4.78, 5) is 13.8. The summed E-state index contributed by atoms with van der Waals surface area (Å²) in [7, 11) is -3.91. The summed E-state index contributed by atoms with van der Waals surface area (Å²) in [5, 5.41) is 19.5. The third kappa shape index (κ3) is 1.86. The number of fused-ring (bicyclic) bond motifs is 2. The van der Waals surface area contributed by atoms with Gasteiger partial charge in [0.2, 0.25) is 9.84 Å². The van der Waals surface area contributed by atoms with E-state index in [0.717, 1.165) is 0 Å². The molecule has 3 rings (SSSR count). The number of nitrogens with zero attached hydrogens (tertiary/aromatic N) is 3. The summed E-state index contributed by atoms with van der Waals surface area (Å²) in [5.74, 6) is -0.737. The van der Waals surface area contributed by atoms with Crippen molar-refractivity contribution in [1.82, 2.24) is 4.98 Å². The maximum absolute atomic E-state index is 12.5. The van der Waals surface area contributed by atoms with Crippen molar-refractivity contribution >= 4 is 15.7 Å². The van der Waals surface area contributed by atoms with Crippen LogP contribution in [0.1, 0.15) is 16.7 Å². The second-order valence-corrected chi connectivity index (χ2v) is 6.31. The minimum atomic E-state index is -3.91. The summed E-state index contributed by atoms with van der Waals surface area (Å²) in [5.41, 5.74) is 0.647. The fourth-order valence-electron chi connectivity index (χ4n) is 2.33. The molecule has 0 N–H and O–H groups in total. The van der Waals surface area contributed by atoms with E-state index in [1.807, 2.05) is 0 Å². The number of nitro groups is 1. The first-order valence-corrected chi connectivity index (χ1v) is 7.35. The van der Waals surface area contributed by atoms with Crippen LogP contribution < -0.4 is 0 Å². The highest BCUT2D eigenvalue weighted by atomic mass is 32.2. The molecule has 0 amide bonds. The molecule has 8 heteroatoms. The highest BCUT2D eigenvalue weighted by Crippen LogP contribution is 2.35. The van der Waals surface area contributed by atoms with Crippen molar-refractivity contribution in [3.8, 4) is 6.07 Å². The van der Waals surface area contributed by atoms with Crippen LogP contribution in [0.15, 0.2) is 40.3 Å². The van der Waals surface area contributed by atoms with E-state index in [2.05, 4.69) is 4.98 Å². The SMILES string of the molecule is N#Cc1cc2c(nc1[N+](=O)[O-])S(=O)(=O)c1ccccc1C2. The van der Waals surface area contributed by atoms with Crippen LogP contribution in [0, 0.1) is 21.4 Å². The molecule has 0 spiro atoms. The highest BCUT2D eigenvalue weighted by Gasteiger charge is 2.37. The van der Waals surface area contributed by atoms with Gasteiger partial charge in [-0.05, 0) is 27.6 Å². The van der Waals surface area contributed by atoms with Crippen molar-refractivity contribution in [2.75, 3.05) is 0 Å². The summed E-state index contributed by atoms with van der Waals surface area (Å²) in [6.07, 6.45) is 0.268. The molecule has 0 fully saturated rings. The summed E-state index contributed by atoms with van der Waals surface area (Å²) < 4.78 is 25.0. The summed E-state index contributed by atoms with van der Waals surface area (Å²) in [6.45, 7) is 0. The lowest BCUT2D eigenvalue weighted by Crippen LogP contribution is -2.17. The summed E-state index contributed by atoms with van der Waals surface area (Å²) >= 11 is 0. The number of rotatable bonds is 1. The number of hydrogen-bond donors (Lipinski definition) is 0. The van der Waals surface area contributed by atoms with Crippen molar-refractivity contribution < 1.29 is 13.3 Å². The van der Waals surface area contributed by atoms with Crippen LogP contribution in [-0.2, 0) is 16.3 Å². The molecule has 0 aliphatic carbocycles. The number of benzene rings is 1. The topological polar surface area (TPSA) is 114 Å². The molecule has 0 radical (unpaired) electrons. The van der Waals surface area contributed by atoms with Crippen LogP contribution in [-0.4, -0.2) is 18.3 Å². The average Bonchev–Trinajstić information content (AvgIpc) is 2.46. The fourth-order valence-corrected chi connectivity index (χ4v) is 3.97. The minimum absolute atomic E-state index is 0.101. The monoisotopic (exact) mass is 301 g/mol. The van der Waals surface area contributed by atoms with Gasteiger partial charge in [0, 0.05) is 12.0 Å². The smallest absolute Gasteiger partial charge is 0.358 e. The molecule has 0 saturated carbocycles. The van der Waals surface area contributed by atoms with Crippen LogP contribution in [0.3, 0.4) is 0 Å². The highest BCUT2D eigenvalue weighted by molar-refractivity contribution is 7.91. The van der Waals surface area contributed by atoms with Gasteiger partial charge in [-0.25, -0.2) is 8.42 Å². The molecule has 0 atom stereocenters. The van der Waals surface area contributed by atoms with Crippen LogP contribution in [0.2, 0.25) is 0 Å². The van der Waals surface area contributed by atoms with E-state index in [1.54, 1.807) is 24.3 Å². The third-order valence-electron chi connectivity index (χ3n) is 3.23. The van der Waals surface area contributed by atoms with Gasteiger partial charge in [-0.3, -0.25) is 0 Å². The van der Waals surface area contributed by atoms with E-state index in [9.17, 15) is 18.5 Å². The Bertz CT molecular complexity index is 929. The molecular formula is C13H7N3O4S. The molecule has 104 valence electrons. The van der Waals surface area contributed by atoms with Gasteiger partial charge in [0.15, 0.2) is 0 Å². The lowest BCUT2D eigenvalue weighted by atomic mass is 10.0. The molecule has 0 saturated heterocycles. The Morgan fingerprint density at radius 1 is 1.29 bits per heavy atom. The molecule has 1 aromatic carbocycles. The van der Waals surface area contributed by atoms with Gasteiger partial charge in [0.1, 0.15) is 11.6 Å². The van der Waals surface area contributed by atoms with Crippen molar-refractivity contribution in [1.29, 1.82) is 5.26 Å². The minimum Gasteiger partial charge on any atom is -0.358 e. The predicted octanol–water partition coefficient (Wildman–Crippen LogP) is 1.60. The fraction of sp³-hybridized carbons (Fsp3) is 0.0769. The molecule has 0 bridgehead atoms. The Balaban J connectivity index is 2.35. The molecule has 21 heavy (non-hydrogen) atoms. The standard InChI is InChI=1S/C13H7N3O4S/c14-7-10-6-9-5-8-3-1-2-4-11(8)21(19,20)13(9)15-12(10)16(17)18/h1-4,6H,5H2. The normalized spacial score (nSPS) is 14.6. The van der Waals surface area contributed by atoms with E-state index in [0.29, 0.717) is 11.1 Å². The van der Waals surface area contributed by atoms with Crippen molar-refractivity contribution in [2.24, 2.45) is 0 Å². The maximum Gasteiger partial charge on any atom is 0.382 e. The molecule has 1 aromatic heterocycles. The molecule has 1 aliphatic heterocycles. The Morgan fingerprint density at radius 2 is 2.00 bits per heavy atom. The second-order valence-electron chi connectivity index (χ2n) is 4.48. The van der Waals surface area contributed by atoms with E-state index in [-0.39, 0.29) is 21.9 Å². The third-order valence-corrected chi connectivity index (χ3v) is 5.07. The molecule has 7 nitrogen and oxygen atoms in total. The van der Waals surface area contributed by atoms with Crippen LogP contribution in [0.25, 0.3) is 0 Å². The zero-order chi connectivity index (χ0) is 15.2. The maximum atomic E-state index is 12.5. The predicted molar refractivity (Wildman–Crippen MR) is 70.3 cm³/mol. The first-order chi connectivity index (χ1) is 9.95. The number of aromatic nitrogens is 1. The first-order valence-electron chi connectivity index (χ1n) is 5.86. The van der Waals surface area contributed by atoms with Crippen LogP contribution in [0.5, 0.6) is 0 Å². The van der Waals surface area contributed by atoms with Gasteiger partial charge in [-0.1, -0.05) is 18.2 Å².